The Morgan fingerprint density at radius 2 is 1.91 bits per heavy atom. The maximum Gasteiger partial charge on any atom is 0.256 e. The molecule has 1 atom stereocenters. The van der Waals surface area contributed by atoms with Crippen molar-refractivity contribution < 1.29 is 14.3 Å². The van der Waals surface area contributed by atoms with Crippen LogP contribution >= 0.6 is 0 Å². The van der Waals surface area contributed by atoms with Gasteiger partial charge < -0.3 is 14.8 Å². The summed E-state index contributed by atoms with van der Waals surface area (Å²) in [6.07, 6.45) is -0.0161. The lowest BCUT2D eigenvalue weighted by atomic mass is 10.1. The average Bonchev–Trinajstić information content (AvgIpc) is 2.55. The van der Waals surface area contributed by atoms with Crippen LogP contribution in [0.2, 0.25) is 0 Å². The maximum absolute atomic E-state index is 12.5. The molecule has 0 aliphatic heterocycles. The topological polar surface area (TPSA) is 47.6 Å². The molecule has 2 aromatic rings. The lowest BCUT2D eigenvalue weighted by Crippen LogP contribution is -2.14. The fraction of sp³-hybridized carbons (Fsp3) is 0.278. The van der Waals surface area contributed by atoms with Crippen LogP contribution in [0.3, 0.4) is 0 Å². The number of rotatable bonds is 6. The van der Waals surface area contributed by atoms with Gasteiger partial charge >= 0.3 is 0 Å². The summed E-state index contributed by atoms with van der Waals surface area (Å²) in [6, 6.07) is 15.1. The van der Waals surface area contributed by atoms with Crippen LogP contribution in [0.4, 0.5) is 5.69 Å². The molecule has 0 unspecified atom stereocenters. The second kappa shape index (κ2) is 7.73. The van der Waals surface area contributed by atoms with Gasteiger partial charge in [-0.15, -0.1) is 0 Å². The average molecular weight is 299 g/mol. The molecular formula is C18H21NO3. The lowest BCUT2D eigenvalue weighted by Gasteiger charge is -2.13. The molecule has 0 fully saturated rings. The fourth-order valence-corrected chi connectivity index (χ4v) is 2.23. The van der Waals surface area contributed by atoms with Crippen molar-refractivity contribution in [2.75, 3.05) is 19.5 Å². The van der Waals surface area contributed by atoms with Gasteiger partial charge in [0.25, 0.3) is 5.91 Å². The van der Waals surface area contributed by atoms with E-state index in [-0.39, 0.29) is 12.0 Å². The second-order valence-corrected chi connectivity index (χ2v) is 5.05. The van der Waals surface area contributed by atoms with E-state index in [1.165, 1.54) is 0 Å². The van der Waals surface area contributed by atoms with E-state index >= 15 is 0 Å². The zero-order chi connectivity index (χ0) is 15.9. The van der Waals surface area contributed by atoms with Crippen LogP contribution < -0.4 is 5.32 Å². The summed E-state index contributed by atoms with van der Waals surface area (Å²) >= 11 is 0. The predicted molar refractivity (Wildman–Crippen MR) is 87.0 cm³/mol. The molecule has 0 spiro atoms. The van der Waals surface area contributed by atoms with Crippen LogP contribution in [0.15, 0.2) is 48.5 Å². The van der Waals surface area contributed by atoms with Gasteiger partial charge in [-0.3, -0.25) is 4.79 Å². The van der Waals surface area contributed by atoms with Crippen molar-refractivity contribution >= 4 is 11.6 Å². The predicted octanol–water partition coefficient (Wildman–Crippen LogP) is 3.79. The van der Waals surface area contributed by atoms with Crippen molar-refractivity contribution in [3.05, 3.63) is 65.2 Å². The summed E-state index contributed by atoms with van der Waals surface area (Å²) in [6.45, 7) is 2.37. The van der Waals surface area contributed by atoms with Crippen LogP contribution in [0.5, 0.6) is 0 Å². The van der Waals surface area contributed by atoms with Gasteiger partial charge in [-0.25, -0.2) is 0 Å². The Hall–Kier alpha value is -2.17. The quantitative estimate of drug-likeness (QED) is 0.882. The Bertz CT molecular complexity index is 640. The number of ether oxygens (including phenoxy) is 2. The van der Waals surface area contributed by atoms with E-state index in [1.54, 1.807) is 20.3 Å². The second-order valence-electron chi connectivity index (χ2n) is 5.05. The molecule has 0 bridgehead atoms. The third-order valence-electron chi connectivity index (χ3n) is 3.53. The van der Waals surface area contributed by atoms with Crippen molar-refractivity contribution in [1.29, 1.82) is 0 Å². The molecule has 0 aliphatic carbocycles. The molecule has 0 saturated carbocycles. The van der Waals surface area contributed by atoms with Crippen LogP contribution in [-0.2, 0) is 16.1 Å². The highest BCUT2D eigenvalue weighted by Crippen LogP contribution is 2.20. The number of carbonyl (C=O) groups is 1. The number of amides is 1. The fourth-order valence-electron chi connectivity index (χ4n) is 2.23. The van der Waals surface area contributed by atoms with Crippen LogP contribution in [0.1, 0.15) is 34.5 Å². The van der Waals surface area contributed by atoms with Crippen LogP contribution in [-0.4, -0.2) is 20.1 Å². The number of hydrogen-bond acceptors (Lipinski definition) is 3. The minimum absolute atomic E-state index is 0.0161. The molecule has 4 heteroatoms. The smallest absolute Gasteiger partial charge is 0.256 e. The minimum Gasteiger partial charge on any atom is -0.380 e. The Morgan fingerprint density at radius 3 is 2.64 bits per heavy atom. The third kappa shape index (κ3) is 3.93. The molecule has 116 valence electrons. The maximum atomic E-state index is 12.5. The number of nitrogens with one attached hydrogen (secondary N) is 1. The summed E-state index contributed by atoms with van der Waals surface area (Å²) in [4.78, 5) is 12.5. The molecule has 4 nitrogen and oxygen atoms in total. The van der Waals surface area contributed by atoms with E-state index in [1.807, 2.05) is 49.4 Å². The first-order valence-corrected chi connectivity index (χ1v) is 7.16. The largest absolute Gasteiger partial charge is 0.380 e. The van der Waals surface area contributed by atoms with E-state index in [0.717, 1.165) is 16.8 Å². The van der Waals surface area contributed by atoms with Gasteiger partial charge in [0.15, 0.2) is 0 Å². The lowest BCUT2D eigenvalue weighted by molar-refractivity contribution is 0.102. The van der Waals surface area contributed by atoms with Crippen molar-refractivity contribution in [3.63, 3.8) is 0 Å². The SMILES string of the molecule is COCc1ccccc1C(=O)Nc1cccc([C@@H](C)OC)c1. The Morgan fingerprint density at radius 1 is 1.14 bits per heavy atom. The van der Waals surface area contributed by atoms with Crippen molar-refractivity contribution in [2.24, 2.45) is 0 Å². The molecule has 0 aliphatic rings. The van der Waals surface area contributed by atoms with Gasteiger partial charge in [0, 0.05) is 25.5 Å². The number of benzene rings is 2. The molecule has 0 saturated heterocycles. The van der Waals surface area contributed by atoms with Gasteiger partial charge in [0.2, 0.25) is 0 Å². The van der Waals surface area contributed by atoms with Crippen molar-refractivity contribution in [2.45, 2.75) is 19.6 Å². The monoisotopic (exact) mass is 299 g/mol. The van der Waals surface area contributed by atoms with E-state index in [2.05, 4.69) is 5.32 Å². The number of methoxy groups -OCH3 is 2. The zero-order valence-electron chi connectivity index (χ0n) is 13.1. The van der Waals surface area contributed by atoms with Crippen LogP contribution in [0, 0.1) is 0 Å². The Labute approximate surface area is 131 Å². The van der Waals surface area contributed by atoms with E-state index in [9.17, 15) is 4.79 Å². The molecule has 0 radical (unpaired) electrons. The highest BCUT2D eigenvalue weighted by atomic mass is 16.5. The Balaban J connectivity index is 2.19. The van der Waals surface area contributed by atoms with Crippen LogP contribution in [0.25, 0.3) is 0 Å². The summed E-state index contributed by atoms with van der Waals surface area (Å²) in [5.74, 6) is -0.144. The van der Waals surface area contributed by atoms with E-state index in [4.69, 9.17) is 9.47 Å². The van der Waals surface area contributed by atoms with Crippen molar-refractivity contribution in [3.8, 4) is 0 Å². The highest BCUT2D eigenvalue weighted by Gasteiger charge is 2.12. The number of hydrogen-bond donors (Lipinski definition) is 1. The standard InChI is InChI=1S/C18H21NO3/c1-13(22-3)14-8-6-9-16(11-14)19-18(20)17-10-5-4-7-15(17)12-21-2/h4-11,13H,12H2,1-3H3,(H,19,20)/t13-/m1/s1. The molecule has 1 amide bonds. The summed E-state index contributed by atoms with van der Waals surface area (Å²) in [7, 11) is 3.28. The highest BCUT2D eigenvalue weighted by molar-refractivity contribution is 6.05. The van der Waals surface area contributed by atoms with Crippen molar-refractivity contribution in [1.82, 2.24) is 0 Å². The molecule has 2 aromatic carbocycles. The van der Waals surface area contributed by atoms with Gasteiger partial charge in [0.1, 0.15) is 0 Å². The normalized spacial score (nSPS) is 12.0. The number of carbonyl (C=O) groups excluding carboxylic acids is 1. The van der Waals surface area contributed by atoms with Gasteiger partial charge in [-0.1, -0.05) is 30.3 Å². The summed E-state index contributed by atoms with van der Waals surface area (Å²) in [5, 5.41) is 2.93. The summed E-state index contributed by atoms with van der Waals surface area (Å²) < 4.78 is 10.4. The first kappa shape index (κ1) is 16.2. The molecule has 22 heavy (non-hydrogen) atoms. The summed E-state index contributed by atoms with van der Waals surface area (Å²) in [5.41, 5.74) is 3.25. The van der Waals surface area contributed by atoms with E-state index in [0.29, 0.717) is 12.2 Å². The molecule has 1 N–H and O–H groups in total. The first-order valence-electron chi connectivity index (χ1n) is 7.16. The first-order chi connectivity index (χ1) is 10.7. The van der Waals surface area contributed by atoms with E-state index < -0.39 is 0 Å². The minimum atomic E-state index is -0.144. The molecule has 0 aromatic heterocycles. The molecule has 2 rings (SSSR count). The van der Waals surface area contributed by atoms with Gasteiger partial charge in [-0.2, -0.15) is 0 Å². The van der Waals surface area contributed by atoms with Gasteiger partial charge in [-0.05, 0) is 36.2 Å². The third-order valence-corrected chi connectivity index (χ3v) is 3.53. The molecule has 0 heterocycles. The molecular weight excluding hydrogens is 278 g/mol. The van der Waals surface area contributed by atoms with Gasteiger partial charge in [0.05, 0.1) is 12.7 Å². The zero-order valence-corrected chi connectivity index (χ0v) is 13.1. The number of anilines is 1. The Kier molecular flexibility index (Phi) is 5.69.